The van der Waals surface area contributed by atoms with E-state index < -0.39 is 29.5 Å². The lowest BCUT2D eigenvalue weighted by molar-refractivity contribution is -0.274. The van der Waals surface area contributed by atoms with Crippen molar-refractivity contribution in [2.75, 3.05) is 7.11 Å². The topological polar surface area (TPSA) is 61.5 Å². The van der Waals surface area contributed by atoms with Gasteiger partial charge in [0.05, 0.1) is 17.5 Å². The SMILES string of the molecule is COC(=O)C(C)(C)[C@@H](N)c1ccc(OC(F)(F)F)c(Cl)c1.Cl. The summed E-state index contributed by atoms with van der Waals surface area (Å²) >= 11 is 5.75. The standard InChI is InChI=1S/C13H15ClF3NO3.ClH/c1-12(2,11(19)20-3)10(18)7-4-5-9(8(14)6-7)21-13(15,16)17;/h4-6,10H,18H2,1-3H3;1H/t10-;/m0./s1. The number of esters is 1. The van der Waals surface area contributed by atoms with Crippen LogP contribution in [0.2, 0.25) is 5.02 Å². The molecule has 9 heteroatoms. The van der Waals surface area contributed by atoms with Gasteiger partial charge in [-0.1, -0.05) is 17.7 Å². The van der Waals surface area contributed by atoms with E-state index in [4.69, 9.17) is 17.3 Å². The number of alkyl halides is 3. The van der Waals surface area contributed by atoms with Crippen LogP contribution < -0.4 is 10.5 Å². The van der Waals surface area contributed by atoms with Gasteiger partial charge in [-0.05, 0) is 31.5 Å². The van der Waals surface area contributed by atoms with Crippen molar-refractivity contribution < 1.29 is 27.4 Å². The molecule has 0 unspecified atom stereocenters. The molecule has 1 aromatic rings. The van der Waals surface area contributed by atoms with E-state index in [0.717, 1.165) is 6.07 Å². The van der Waals surface area contributed by atoms with Gasteiger partial charge < -0.3 is 15.2 Å². The molecule has 0 saturated carbocycles. The molecule has 126 valence electrons. The molecule has 0 heterocycles. The number of benzene rings is 1. The van der Waals surface area contributed by atoms with Gasteiger partial charge in [-0.2, -0.15) is 0 Å². The van der Waals surface area contributed by atoms with E-state index in [2.05, 4.69) is 9.47 Å². The fourth-order valence-corrected chi connectivity index (χ4v) is 1.95. The molecule has 0 aromatic heterocycles. The Hall–Kier alpha value is -1.18. The van der Waals surface area contributed by atoms with Gasteiger partial charge in [0.15, 0.2) is 0 Å². The maximum atomic E-state index is 12.2. The molecule has 0 fully saturated rings. The second kappa shape index (κ2) is 7.39. The van der Waals surface area contributed by atoms with E-state index in [0.29, 0.717) is 5.56 Å². The molecule has 1 aromatic carbocycles. The van der Waals surface area contributed by atoms with E-state index in [1.165, 1.54) is 19.2 Å². The minimum atomic E-state index is -4.83. The first-order valence-electron chi connectivity index (χ1n) is 5.88. The first kappa shape index (κ1) is 20.8. The third-order valence-corrected chi connectivity index (χ3v) is 3.33. The molecule has 0 aliphatic carbocycles. The van der Waals surface area contributed by atoms with Crippen LogP contribution in [0.4, 0.5) is 13.2 Å². The number of hydrogen-bond acceptors (Lipinski definition) is 4. The van der Waals surface area contributed by atoms with Crippen LogP contribution >= 0.6 is 24.0 Å². The van der Waals surface area contributed by atoms with Gasteiger partial charge in [0.2, 0.25) is 0 Å². The van der Waals surface area contributed by atoms with Crippen LogP contribution in [0, 0.1) is 5.41 Å². The first-order valence-corrected chi connectivity index (χ1v) is 6.26. The molecule has 0 amide bonds. The highest BCUT2D eigenvalue weighted by Gasteiger charge is 2.37. The zero-order valence-electron chi connectivity index (χ0n) is 12.0. The summed E-state index contributed by atoms with van der Waals surface area (Å²) in [6, 6.07) is 2.81. The van der Waals surface area contributed by atoms with Gasteiger partial charge in [-0.25, -0.2) is 0 Å². The van der Waals surface area contributed by atoms with E-state index in [1.54, 1.807) is 13.8 Å². The summed E-state index contributed by atoms with van der Waals surface area (Å²) in [5.41, 5.74) is 5.30. The van der Waals surface area contributed by atoms with Crippen LogP contribution in [-0.4, -0.2) is 19.4 Å². The zero-order chi connectivity index (χ0) is 16.4. The van der Waals surface area contributed by atoms with Crippen molar-refractivity contribution in [3.63, 3.8) is 0 Å². The lowest BCUT2D eigenvalue weighted by atomic mass is 9.81. The molecule has 4 nitrogen and oxygen atoms in total. The normalized spacial score (nSPS) is 13.1. The predicted molar refractivity (Wildman–Crippen MR) is 78.1 cm³/mol. The Morgan fingerprint density at radius 3 is 2.27 bits per heavy atom. The van der Waals surface area contributed by atoms with Crippen LogP contribution in [0.3, 0.4) is 0 Å². The molecule has 0 saturated heterocycles. The van der Waals surface area contributed by atoms with Crippen molar-refractivity contribution in [1.82, 2.24) is 0 Å². The summed E-state index contributed by atoms with van der Waals surface area (Å²) < 4.78 is 44.9. The van der Waals surface area contributed by atoms with Crippen molar-refractivity contribution in [3.8, 4) is 5.75 Å². The van der Waals surface area contributed by atoms with Crippen molar-refractivity contribution in [1.29, 1.82) is 0 Å². The average Bonchev–Trinajstić information content (AvgIpc) is 2.37. The summed E-state index contributed by atoms with van der Waals surface area (Å²) in [6.07, 6.45) is -4.83. The van der Waals surface area contributed by atoms with E-state index in [9.17, 15) is 18.0 Å². The van der Waals surface area contributed by atoms with Crippen molar-refractivity contribution >= 4 is 30.0 Å². The lowest BCUT2D eigenvalue weighted by Crippen LogP contribution is -2.37. The predicted octanol–water partition coefficient (Wildman–Crippen LogP) is 3.86. The Morgan fingerprint density at radius 2 is 1.86 bits per heavy atom. The summed E-state index contributed by atoms with van der Waals surface area (Å²) in [5, 5.41) is -0.249. The molecule has 0 spiro atoms. The molecule has 1 atom stereocenters. The quantitative estimate of drug-likeness (QED) is 0.827. The molecule has 22 heavy (non-hydrogen) atoms. The average molecular weight is 362 g/mol. The zero-order valence-corrected chi connectivity index (χ0v) is 13.6. The second-order valence-electron chi connectivity index (χ2n) is 4.93. The third-order valence-electron chi connectivity index (χ3n) is 3.03. The fraction of sp³-hybridized carbons (Fsp3) is 0.462. The van der Waals surface area contributed by atoms with Crippen LogP contribution in [0.25, 0.3) is 0 Å². The number of methoxy groups -OCH3 is 1. The van der Waals surface area contributed by atoms with Crippen molar-refractivity contribution in [2.24, 2.45) is 11.1 Å². The Balaban J connectivity index is 0.00000441. The Morgan fingerprint density at radius 1 is 1.32 bits per heavy atom. The number of carbonyl (C=O) groups excluding carboxylic acids is 1. The number of ether oxygens (including phenoxy) is 2. The van der Waals surface area contributed by atoms with Crippen LogP contribution in [-0.2, 0) is 9.53 Å². The van der Waals surface area contributed by atoms with Gasteiger partial charge in [0.25, 0.3) is 0 Å². The van der Waals surface area contributed by atoms with Gasteiger partial charge in [0, 0.05) is 6.04 Å². The highest BCUT2D eigenvalue weighted by molar-refractivity contribution is 6.32. The number of hydrogen-bond donors (Lipinski definition) is 1. The molecule has 2 N–H and O–H groups in total. The van der Waals surface area contributed by atoms with E-state index in [-0.39, 0.29) is 17.4 Å². The van der Waals surface area contributed by atoms with E-state index >= 15 is 0 Å². The smallest absolute Gasteiger partial charge is 0.469 e. The molecule has 1 rings (SSSR count). The molecule has 0 aliphatic heterocycles. The number of rotatable bonds is 4. The Kier molecular flexibility index (Phi) is 6.99. The monoisotopic (exact) mass is 361 g/mol. The first-order chi connectivity index (χ1) is 9.49. The summed E-state index contributed by atoms with van der Waals surface area (Å²) in [6.45, 7) is 3.13. The van der Waals surface area contributed by atoms with Gasteiger partial charge in [0.1, 0.15) is 5.75 Å². The Bertz CT molecular complexity index is 536. The number of halogens is 5. The van der Waals surface area contributed by atoms with Gasteiger partial charge >= 0.3 is 12.3 Å². The van der Waals surface area contributed by atoms with Crippen molar-refractivity contribution in [2.45, 2.75) is 26.3 Å². The van der Waals surface area contributed by atoms with Gasteiger partial charge in [-0.3, -0.25) is 4.79 Å². The Labute approximate surface area is 137 Å². The minimum absolute atomic E-state index is 0. The lowest BCUT2D eigenvalue weighted by Gasteiger charge is -2.29. The van der Waals surface area contributed by atoms with Crippen molar-refractivity contribution in [3.05, 3.63) is 28.8 Å². The third kappa shape index (κ3) is 4.93. The maximum absolute atomic E-state index is 12.2. The summed E-state index contributed by atoms with van der Waals surface area (Å²) in [7, 11) is 1.23. The highest BCUT2D eigenvalue weighted by atomic mass is 35.5. The minimum Gasteiger partial charge on any atom is -0.469 e. The number of nitrogens with two attached hydrogens (primary N) is 1. The van der Waals surface area contributed by atoms with Crippen LogP contribution in [0.15, 0.2) is 18.2 Å². The summed E-state index contributed by atoms with van der Waals surface area (Å²) in [4.78, 5) is 11.7. The molecular formula is C13H16Cl2F3NO3. The van der Waals surface area contributed by atoms with Crippen LogP contribution in [0.1, 0.15) is 25.5 Å². The van der Waals surface area contributed by atoms with E-state index in [1.807, 2.05) is 0 Å². The fourth-order valence-electron chi connectivity index (χ4n) is 1.72. The molecule has 0 bridgehead atoms. The van der Waals surface area contributed by atoms with Crippen LogP contribution in [0.5, 0.6) is 5.75 Å². The molecular weight excluding hydrogens is 346 g/mol. The summed E-state index contributed by atoms with van der Waals surface area (Å²) in [5.74, 6) is -1.07. The largest absolute Gasteiger partial charge is 0.573 e. The van der Waals surface area contributed by atoms with Gasteiger partial charge in [-0.15, -0.1) is 25.6 Å². The highest BCUT2D eigenvalue weighted by Crippen LogP contribution is 2.37. The molecule has 0 aliphatic rings. The second-order valence-corrected chi connectivity index (χ2v) is 5.34. The maximum Gasteiger partial charge on any atom is 0.573 e. The number of carbonyl (C=O) groups is 1. The molecule has 0 radical (unpaired) electrons.